The number of allylic oxidation sites excluding steroid dienone is 2. The number of rotatable bonds is 4. The lowest BCUT2D eigenvalue weighted by Crippen LogP contribution is -2.46. The van der Waals surface area contributed by atoms with Gasteiger partial charge in [0.25, 0.3) is 11.7 Å². The van der Waals surface area contributed by atoms with Gasteiger partial charge < -0.3 is 55.5 Å². The number of para-hydroxylation sites is 2. The summed E-state index contributed by atoms with van der Waals surface area (Å²) < 4.78 is 23.5. The number of nitrogens with zero attached hydrogens (tertiary/aromatic N) is 1. The number of phenolic OH excluding ortho intramolecular Hbond substituents is 3. The van der Waals surface area contributed by atoms with E-state index in [2.05, 4.69) is 10.3 Å². The van der Waals surface area contributed by atoms with Crippen molar-refractivity contribution in [3.8, 4) is 23.0 Å². The number of aliphatic imine (C=N–C) groups is 1. The van der Waals surface area contributed by atoms with Crippen molar-refractivity contribution in [3.63, 3.8) is 0 Å². The maximum atomic E-state index is 14.4. The van der Waals surface area contributed by atoms with Crippen LogP contribution in [0.5, 0.6) is 23.0 Å². The first-order valence-corrected chi connectivity index (χ1v) is 19.2. The van der Waals surface area contributed by atoms with Crippen molar-refractivity contribution >= 4 is 51.7 Å². The van der Waals surface area contributed by atoms with Crippen molar-refractivity contribution in [2.24, 2.45) is 28.7 Å². The quantitative estimate of drug-likeness (QED) is 0.0520. The molecule has 15 heteroatoms. The van der Waals surface area contributed by atoms with Crippen molar-refractivity contribution in [2.45, 2.75) is 85.6 Å². The summed E-state index contributed by atoms with van der Waals surface area (Å²) in [5.74, 6) is -8.70. The van der Waals surface area contributed by atoms with Gasteiger partial charge in [0.05, 0.1) is 58.1 Å². The second-order valence-corrected chi connectivity index (χ2v) is 15.4. The van der Waals surface area contributed by atoms with Gasteiger partial charge in [0, 0.05) is 67.4 Å². The zero-order valence-corrected chi connectivity index (χ0v) is 34.5. The van der Waals surface area contributed by atoms with Crippen LogP contribution >= 0.6 is 0 Å². The largest absolute Gasteiger partial charge is 0.507 e. The van der Waals surface area contributed by atoms with E-state index in [9.17, 15) is 39.9 Å². The molecule has 15 nitrogen and oxygen atoms in total. The minimum Gasteiger partial charge on any atom is -0.507 e. The zero-order valence-electron chi connectivity index (χ0n) is 34.5. The van der Waals surface area contributed by atoms with Crippen molar-refractivity contribution in [2.75, 3.05) is 18.2 Å². The summed E-state index contributed by atoms with van der Waals surface area (Å²) in [7, 11) is 1.43. The molecule has 0 radical (unpaired) electrons. The van der Waals surface area contributed by atoms with Crippen LogP contribution in [0.15, 0.2) is 65.4 Å². The number of carbonyl (C=O) groups is 3. The summed E-state index contributed by atoms with van der Waals surface area (Å²) in [6, 6.07) is 6.60. The summed E-state index contributed by atoms with van der Waals surface area (Å²) in [5.41, 5.74) is 6.09. The molecule has 6 rings (SSSR count). The third-order valence-corrected chi connectivity index (χ3v) is 11.3. The fourth-order valence-corrected chi connectivity index (χ4v) is 7.61. The first kappa shape index (κ1) is 44.2. The number of ether oxygens (including phenoxy) is 4. The molecule has 3 aliphatic heterocycles. The van der Waals surface area contributed by atoms with Crippen LogP contribution in [-0.4, -0.2) is 86.7 Å². The fourth-order valence-electron chi connectivity index (χ4n) is 7.61. The Morgan fingerprint density at radius 3 is 2.27 bits per heavy atom. The summed E-state index contributed by atoms with van der Waals surface area (Å²) in [4.78, 5) is 44.9. The van der Waals surface area contributed by atoms with Gasteiger partial charge in [-0.1, -0.05) is 58.1 Å². The monoisotopic (exact) mass is 815 g/mol. The molecule has 1 amide bonds. The molecule has 5 bridgehead atoms. The van der Waals surface area contributed by atoms with E-state index in [4.69, 9.17) is 24.7 Å². The molecule has 0 spiro atoms. The molecule has 0 saturated carbocycles. The van der Waals surface area contributed by atoms with Gasteiger partial charge in [-0.2, -0.15) is 0 Å². The van der Waals surface area contributed by atoms with Crippen molar-refractivity contribution in [3.05, 3.63) is 77.1 Å². The number of aliphatic hydroxyl groups excluding tert-OH is 2. The van der Waals surface area contributed by atoms with Crippen LogP contribution < -0.4 is 15.8 Å². The number of aromatic hydroxyl groups is 3. The Balaban J connectivity index is 1.74. The number of hydrogen-bond donors (Lipinski definition) is 7. The van der Waals surface area contributed by atoms with Crippen LogP contribution in [0, 0.1) is 30.6 Å². The van der Waals surface area contributed by atoms with Gasteiger partial charge in [-0.15, -0.1) is 0 Å². The third-order valence-electron chi connectivity index (χ3n) is 11.3. The Morgan fingerprint density at radius 1 is 0.949 bits per heavy atom. The molecule has 3 heterocycles. The van der Waals surface area contributed by atoms with E-state index in [1.54, 1.807) is 64.1 Å². The Bertz CT molecular complexity index is 2260. The van der Waals surface area contributed by atoms with E-state index in [1.807, 2.05) is 0 Å². The minimum atomic E-state index is -2.07. The molecule has 3 aliphatic rings. The van der Waals surface area contributed by atoms with E-state index in [0.717, 1.165) is 6.21 Å². The number of nitrogen functional groups attached to an aromatic ring is 1. The molecule has 59 heavy (non-hydrogen) atoms. The van der Waals surface area contributed by atoms with Gasteiger partial charge in [-0.3, -0.25) is 19.4 Å². The lowest BCUT2D eigenvalue weighted by molar-refractivity contribution is -0.160. The number of anilines is 2. The van der Waals surface area contributed by atoms with Crippen LogP contribution in [0.2, 0.25) is 0 Å². The van der Waals surface area contributed by atoms with Gasteiger partial charge in [0.15, 0.2) is 5.75 Å². The number of phenols is 3. The first-order chi connectivity index (χ1) is 27.7. The van der Waals surface area contributed by atoms with Crippen LogP contribution in [0.1, 0.15) is 70.0 Å². The van der Waals surface area contributed by atoms with Crippen LogP contribution in [0.4, 0.5) is 17.1 Å². The fraction of sp³-hybridized carbons (Fsp3) is 0.409. The second kappa shape index (κ2) is 17.5. The van der Waals surface area contributed by atoms with Gasteiger partial charge in [-0.25, -0.2) is 0 Å². The van der Waals surface area contributed by atoms with Crippen LogP contribution in [0.3, 0.4) is 0 Å². The minimum absolute atomic E-state index is 0.0278. The number of ketones is 1. The predicted octanol–water partition coefficient (Wildman–Crippen LogP) is 6.09. The lowest BCUT2D eigenvalue weighted by atomic mass is 9.78. The van der Waals surface area contributed by atoms with E-state index in [0.29, 0.717) is 11.4 Å². The number of nitrogens with two attached hydrogens (primary N) is 1. The Kier molecular flexibility index (Phi) is 13.1. The number of amides is 1. The second-order valence-electron chi connectivity index (χ2n) is 15.4. The number of carbonyl (C=O) groups excluding carboxylic acids is 3. The number of nitrogens with one attached hydrogen (secondary N) is 1. The highest BCUT2D eigenvalue weighted by Crippen LogP contribution is 2.55. The standard InChI is InChI=1S/C44H53N3O12/c1-20-13-12-14-21(2)43(55)47-34-27(19-46-29-16-11-10-15-28(29)45)38(52)31-32(39(34)53)37(51)25(6)41-33(31)42(54)44(8,59-41)57-18-17-30(56-9)22(3)40(58-26(7)48)24(5)36(50)23(4)35(20)49/h10-20,22-24,30,35-36,40,49-53H,45H2,1-9H3,(H,47,55)/b13-12+,18-17+,21-14-,46-19?/t20-,22-,23+,24-,30-,35-,36+,40+,44-/m0/s1. The predicted molar refractivity (Wildman–Crippen MR) is 222 cm³/mol. The van der Waals surface area contributed by atoms with E-state index in [-0.39, 0.29) is 44.5 Å². The number of benzene rings is 3. The molecule has 8 N–H and O–H groups in total. The number of Topliss-reactive ketones (excluding diaryl/α,β-unsaturated/α-hetero) is 1. The van der Waals surface area contributed by atoms with Crippen molar-refractivity contribution in [1.29, 1.82) is 0 Å². The number of methoxy groups -OCH3 is 1. The highest BCUT2D eigenvalue weighted by molar-refractivity contribution is 6.24. The summed E-state index contributed by atoms with van der Waals surface area (Å²) in [5, 5.41) is 60.3. The first-order valence-electron chi connectivity index (χ1n) is 19.2. The topological polar surface area (TPSA) is 240 Å². The Hall–Kier alpha value is -5.90. The molecular formula is C44H53N3O12. The molecule has 0 saturated heterocycles. The van der Waals surface area contributed by atoms with Crippen LogP contribution in [0.25, 0.3) is 10.8 Å². The number of aliphatic hydroxyl groups is 2. The maximum Gasteiger partial charge on any atom is 0.312 e. The zero-order chi connectivity index (χ0) is 43.7. The Labute approximate surface area is 342 Å². The number of fused-ring (bicyclic) bond motifs is 14. The smallest absolute Gasteiger partial charge is 0.312 e. The SMILES string of the molecule is CO[C@H]1/C=C/O[C@@]2(C)Oc3c(C)c(O)c4c(O)c(c(C=Nc5ccccc5N)c(O)c4c3C2=O)NC(=O)/C(C)=C\C=C\[C@H](C)[C@H](O)[C@@H](C)[C@@H](O)[C@H](C)[C@H](OC(C)=O)[C@H]1C. The van der Waals surface area contributed by atoms with E-state index < -0.39 is 88.8 Å². The van der Waals surface area contributed by atoms with Crippen molar-refractivity contribution < 1.29 is 58.9 Å². The highest BCUT2D eigenvalue weighted by Gasteiger charge is 2.50. The summed E-state index contributed by atoms with van der Waals surface area (Å²) >= 11 is 0. The molecule has 9 atom stereocenters. The third kappa shape index (κ3) is 8.49. The van der Waals surface area contributed by atoms with Gasteiger partial charge in [-0.05, 0) is 32.1 Å². The molecule has 316 valence electrons. The summed E-state index contributed by atoms with van der Waals surface area (Å²) in [6.07, 6.45) is 4.57. The van der Waals surface area contributed by atoms with E-state index in [1.165, 1.54) is 53.2 Å². The average molecular weight is 816 g/mol. The normalized spacial score (nSPS) is 30.1. The van der Waals surface area contributed by atoms with Gasteiger partial charge in [0.2, 0.25) is 0 Å². The summed E-state index contributed by atoms with van der Waals surface area (Å²) in [6.45, 7) is 12.4. The molecule has 0 aromatic heterocycles. The number of esters is 1. The molecular weight excluding hydrogens is 762 g/mol. The molecule has 0 fully saturated rings. The van der Waals surface area contributed by atoms with E-state index >= 15 is 0 Å². The maximum absolute atomic E-state index is 14.4. The van der Waals surface area contributed by atoms with Gasteiger partial charge >= 0.3 is 11.8 Å². The van der Waals surface area contributed by atoms with Crippen molar-refractivity contribution in [1.82, 2.24) is 0 Å². The highest BCUT2D eigenvalue weighted by atomic mass is 16.7. The molecule has 3 aromatic rings. The Morgan fingerprint density at radius 2 is 1.63 bits per heavy atom. The molecule has 0 aliphatic carbocycles. The number of hydrogen-bond acceptors (Lipinski definition) is 14. The van der Waals surface area contributed by atoms with Crippen LogP contribution in [-0.2, 0) is 23.8 Å². The molecule has 3 aromatic carbocycles. The molecule has 0 unspecified atom stereocenters. The van der Waals surface area contributed by atoms with Gasteiger partial charge in [0.1, 0.15) is 23.4 Å². The lowest BCUT2D eigenvalue weighted by Gasteiger charge is -2.38. The average Bonchev–Trinajstić information content (AvgIpc) is 3.46.